The molecule has 39 heavy (non-hydrogen) atoms. The number of amides is 1. The molecule has 0 bridgehead atoms. The van der Waals surface area contributed by atoms with Gasteiger partial charge >= 0.3 is 0 Å². The maximum atomic E-state index is 13.6. The van der Waals surface area contributed by atoms with Crippen LogP contribution in [0.4, 0.5) is 4.39 Å². The lowest BCUT2D eigenvalue weighted by atomic mass is 9.62. The molecule has 3 saturated carbocycles. The van der Waals surface area contributed by atoms with Gasteiger partial charge in [0.2, 0.25) is 5.91 Å². The first kappa shape index (κ1) is 26.3. The van der Waals surface area contributed by atoms with E-state index in [0.29, 0.717) is 22.8 Å². The molecule has 1 heterocycles. The second kappa shape index (κ2) is 10.6. The highest BCUT2D eigenvalue weighted by atomic mass is 19.1. The summed E-state index contributed by atoms with van der Waals surface area (Å²) >= 11 is 0. The molecule has 0 radical (unpaired) electrons. The van der Waals surface area contributed by atoms with Crippen LogP contribution in [0.3, 0.4) is 0 Å². The van der Waals surface area contributed by atoms with Gasteiger partial charge in [0.25, 0.3) is 0 Å². The zero-order valence-electron chi connectivity index (χ0n) is 23.3. The third-order valence-corrected chi connectivity index (χ3v) is 10.6. The van der Waals surface area contributed by atoms with Crippen molar-refractivity contribution in [3.8, 4) is 0 Å². The van der Waals surface area contributed by atoms with Gasteiger partial charge in [-0.05, 0) is 97.3 Å². The van der Waals surface area contributed by atoms with Crippen molar-refractivity contribution in [1.29, 1.82) is 0 Å². The van der Waals surface area contributed by atoms with Gasteiger partial charge in [0.1, 0.15) is 5.82 Å². The first-order valence-electron chi connectivity index (χ1n) is 14.9. The number of aromatic nitrogens is 1. The Balaban J connectivity index is 1.07. The smallest absolute Gasteiger partial charge is 0.244 e. The highest BCUT2D eigenvalue weighted by Crippen LogP contribution is 2.70. The molecule has 1 aromatic heterocycles. The molecular weight excluding hydrogens is 487 g/mol. The van der Waals surface area contributed by atoms with Crippen LogP contribution in [0.25, 0.3) is 17.0 Å². The van der Waals surface area contributed by atoms with Crippen LogP contribution in [0.1, 0.15) is 88.8 Å². The Morgan fingerprint density at radius 3 is 2.59 bits per heavy atom. The molecule has 3 aliphatic rings. The van der Waals surface area contributed by atoms with Gasteiger partial charge in [-0.15, -0.1) is 0 Å². The summed E-state index contributed by atoms with van der Waals surface area (Å²) in [5.41, 5.74) is 3.28. The quantitative estimate of drug-likeness (QED) is 0.314. The average molecular weight is 529 g/mol. The molecule has 1 amide bonds. The van der Waals surface area contributed by atoms with Crippen LogP contribution in [-0.2, 0) is 4.79 Å². The van der Waals surface area contributed by atoms with Crippen LogP contribution in [0.15, 0.2) is 59.1 Å². The molecule has 0 saturated heterocycles. The van der Waals surface area contributed by atoms with E-state index in [-0.39, 0.29) is 17.1 Å². The number of benzene rings is 2. The summed E-state index contributed by atoms with van der Waals surface area (Å²) in [4.78, 5) is 12.6. The van der Waals surface area contributed by atoms with E-state index in [2.05, 4.69) is 24.3 Å². The number of fused-ring (bicyclic) bond motifs is 2. The summed E-state index contributed by atoms with van der Waals surface area (Å²) in [6, 6.07) is 14.8. The van der Waals surface area contributed by atoms with Gasteiger partial charge in [-0.2, -0.15) is 0 Å². The molecule has 5 heteroatoms. The minimum Gasteiger partial charge on any atom is -0.356 e. The molecule has 2 aromatic carbocycles. The Morgan fingerprint density at radius 1 is 1.05 bits per heavy atom. The lowest BCUT2D eigenvalue weighted by molar-refractivity contribution is -0.117. The van der Waals surface area contributed by atoms with Crippen LogP contribution in [0, 0.1) is 34.4 Å². The second-order valence-electron chi connectivity index (χ2n) is 13.0. The van der Waals surface area contributed by atoms with Gasteiger partial charge in [-0.25, -0.2) is 4.39 Å². The number of carbonyl (C=O) groups excluding carboxylic acids is 1. The normalized spacial score (nSPS) is 32.6. The Bertz CT molecular complexity index is 1330. The van der Waals surface area contributed by atoms with E-state index in [0.717, 1.165) is 47.9 Å². The van der Waals surface area contributed by atoms with Crippen LogP contribution in [0.5, 0.6) is 0 Å². The molecule has 4 unspecified atom stereocenters. The lowest BCUT2D eigenvalue weighted by Gasteiger charge is -2.44. The fourth-order valence-electron chi connectivity index (χ4n) is 8.43. The Kier molecular flexibility index (Phi) is 7.11. The standard InChI is InChI=1S/C34H41FN2O2/c1-33(19-7-6-10-25(33)21-36-31(38)18-11-23-8-4-3-5-9-23)22-34(2)28-16-12-24(13-17-29(28)34)32-27-15-14-26(35)20-30(27)39-37-32/h3-5,8-9,11,14-15,18,20,24-25,28-29H,6-7,10,12-13,16-17,19,21-22H2,1-2H3,(H,36,38). The van der Waals surface area contributed by atoms with E-state index < -0.39 is 0 Å². The summed E-state index contributed by atoms with van der Waals surface area (Å²) in [5, 5.41) is 8.58. The van der Waals surface area contributed by atoms with Gasteiger partial charge < -0.3 is 9.84 Å². The molecule has 3 aromatic rings. The number of rotatable bonds is 7. The predicted octanol–water partition coefficient (Wildman–Crippen LogP) is 8.29. The van der Waals surface area contributed by atoms with Crippen molar-refractivity contribution in [1.82, 2.24) is 10.5 Å². The van der Waals surface area contributed by atoms with Crippen molar-refractivity contribution in [2.45, 2.75) is 77.6 Å². The number of carbonyl (C=O) groups is 1. The fraction of sp³-hybridized carbons (Fsp3) is 0.529. The van der Waals surface area contributed by atoms with Crippen molar-refractivity contribution in [2.75, 3.05) is 6.54 Å². The third kappa shape index (κ3) is 5.29. The van der Waals surface area contributed by atoms with Gasteiger partial charge in [-0.1, -0.05) is 62.2 Å². The average Bonchev–Trinajstić information content (AvgIpc) is 3.36. The second-order valence-corrected chi connectivity index (χ2v) is 13.0. The number of halogens is 1. The number of hydrogen-bond donors (Lipinski definition) is 1. The van der Waals surface area contributed by atoms with Gasteiger partial charge in [0, 0.05) is 30.0 Å². The molecular formula is C34H41FN2O2. The molecule has 4 atom stereocenters. The maximum Gasteiger partial charge on any atom is 0.244 e. The Labute approximate surface area is 231 Å². The van der Waals surface area contributed by atoms with E-state index >= 15 is 0 Å². The highest BCUT2D eigenvalue weighted by Gasteiger charge is 2.62. The first-order chi connectivity index (χ1) is 18.9. The molecule has 0 aliphatic heterocycles. The number of hydrogen-bond acceptors (Lipinski definition) is 3. The first-order valence-corrected chi connectivity index (χ1v) is 14.9. The highest BCUT2D eigenvalue weighted by molar-refractivity contribution is 5.91. The maximum absolute atomic E-state index is 13.6. The predicted molar refractivity (Wildman–Crippen MR) is 153 cm³/mol. The SMILES string of the molecule is CC1(CC2(C)C3CCC(c4noc5cc(F)ccc45)CCC32)CCCCC1CNC(=O)C=Cc1ccccc1. The molecule has 1 N–H and O–H groups in total. The van der Waals surface area contributed by atoms with E-state index in [1.165, 1.54) is 57.1 Å². The van der Waals surface area contributed by atoms with E-state index in [1.807, 2.05) is 42.5 Å². The lowest BCUT2D eigenvalue weighted by Crippen LogP contribution is -2.41. The van der Waals surface area contributed by atoms with E-state index in [1.54, 1.807) is 6.08 Å². The summed E-state index contributed by atoms with van der Waals surface area (Å²) in [7, 11) is 0. The zero-order chi connectivity index (χ0) is 27.0. The van der Waals surface area contributed by atoms with Crippen LogP contribution < -0.4 is 5.32 Å². The molecule has 6 rings (SSSR count). The van der Waals surface area contributed by atoms with Crippen LogP contribution >= 0.6 is 0 Å². The molecule has 3 fully saturated rings. The Hall–Kier alpha value is -2.95. The van der Waals surface area contributed by atoms with Gasteiger partial charge in [0.05, 0.1) is 5.69 Å². The fourth-order valence-corrected chi connectivity index (χ4v) is 8.43. The molecule has 206 valence electrons. The van der Waals surface area contributed by atoms with Crippen molar-refractivity contribution >= 4 is 23.0 Å². The number of nitrogens with zero attached hydrogens (tertiary/aromatic N) is 1. The summed E-state index contributed by atoms with van der Waals surface area (Å²) < 4.78 is 19.1. The zero-order valence-corrected chi connectivity index (χ0v) is 23.3. The molecule has 3 aliphatic carbocycles. The topological polar surface area (TPSA) is 55.1 Å². The molecule has 0 spiro atoms. The monoisotopic (exact) mass is 528 g/mol. The summed E-state index contributed by atoms with van der Waals surface area (Å²) in [6.07, 6.45) is 14.5. The number of nitrogens with one attached hydrogen (secondary N) is 1. The van der Waals surface area contributed by atoms with Gasteiger partial charge in [0.15, 0.2) is 5.58 Å². The van der Waals surface area contributed by atoms with Gasteiger partial charge in [-0.3, -0.25) is 4.79 Å². The minimum absolute atomic E-state index is 0.00345. The summed E-state index contributed by atoms with van der Waals surface area (Å²) in [5.74, 6) is 2.17. The van der Waals surface area contributed by atoms with Crippen LogP contribution in [0.2, 0.25) is 0 Å². The van der Waals surface area contributed by atoms with Crippen molar-refractivity contribution in [3.63, 3.8) is 0 Å². The van der Waals surface area contributed by atoms with Crippen LogP contribution in [-0.4, -0.2) is 17.6 Å². The Morgan fingerprint density at radius 2 is 1.82 bits per heavy atom. The van der Waals surface area contributed by atoms with Crippen molar-refractivity contribution in [2.24, 2.45) is 28.6 Å². The third-order valence-electron chi connectivity index (χ3n) is 10.6. The van der Waals surface area contributed by atoms with E-state index in [4.69, 9.17) is 4.52 Å². The van der Waals surface area contributed by atoms with Crippen molar-refractivity contribution in [3.05, 3.63) is 71.7 Å². The minimum atomic E-state index is -0.277. The van der Waals surface area contributed by atoms with Crippen molar-refractivity contribution < 1.29 is 13.7 Å². The molecule has 4 nitrogen and oxygen atoms in total. The summed E-state index contributed by atoms with van der Waals surface area (Å²) in [6.45, 7) is 5.80. The van der Waals surface area contributed by atoms with E-state index in [9.17, 15) is 9.18 Å². The largest absolute Gasteiger partial charge is 0.356 e.